The molecule has 0 aromatic carbocycles. The van der Waals surface area contributed by atoms with E-state index in [0.717, 1.165) is 11.6 Å². The first-order chi connectivity index (χ1) is 8.06. The predicted molar refractivity (Wildman–Crippen MR) is 49.0 cm³/mol. The topological polar surface area (TPSA) is 101 Å². The molecule has 19 heavy (non-hydrogen) atoms. The van der Waals surface area contributed by atoms with Crippen LogP contribution in [0.15, 0.2) is 0 Å². The van der Waals surface area contributed by atoms with Crippen LogP contribution in [0.1, 0.15) is 6.92 Å². The Kier molecular flexibility index (Phi) is 4.60. The van der Waals surface area contributed by atoms with Gasteiger partial charge in [0.2, 0.25) is 0 Å². The van der Waals surface area contributed by atoms with E-state index in [9.17, 15) is 43.2 Å². The van der Waals surface area contributed by atoms with E-state index in [4.69, 9.17) is 4.55 Å². The summed E-state index contributed by atoms with van der Waals surface area (Å²) in [6, 6.07) is 0. The van der Waals surface area contributed by atoms with Gasteiger partial charge in [0.05, 0.1) is 0 Å². The van der Waals surface area contributed by atoms with E-state index in [1.807, 2.05) is 0 Å². The smallest absolute Gasteiger partial charge is 0.281 e. The first-order valence-electron chi connectivity index (χ1n) is 4.16. The number of halogens is 6. The molecule has 0 fully saturated rings. The maximum atomic E-state index is 12.9. The maximum absolute atomic E-state index is 12.9. The highest BCUT2D eigenvalue weighted by atomic mass is 32.2. The molecule has 0 aliphatic heterocycles. The van der Waals surface area contributed by atoms with Crippen LogP contribution in [0.25, 0.3) is 0 Å². The molecule has 0 aliphatic carbocycles. The second-order valence-electron chi connectivity index (χ2n) is 3.08. The van der Waals surface area contributed by atoms with E-state index in [2.05, 4.69) is 0 Å². The summed E-state index contributed by atoms with van der Waals surface area (Å²) in [5, 5.41) is -13.2. The molecule has 0 heterocycles. The standard InChI is InChI=1S/C5H7F6NO5S2/c1-2-12-18(13,14)4(8,9)3(6,7)5(10,11)19(15,16)17/h12H,2H2,1H3,(H,15,16,17). The molecule has 0 amide bonds. The summed E-state index contributed by atoms with van der Waals surface area (Å²) in [5.41, 5.74) is 0. The van der Waals surface area contributed by atoms with Gasteiger partial charge >= 0.3 is 26.5 Å². The zero-order valence-electron chi connectivity index (χ0n) is 8.87. The van der Waals surface area contributed by atoms with E-state index < -0.39 is 43.1 Å². The Morgan fingerprint density at radius 1 is 0.947 bits per heavy atom. The largest absolute Gasteiger partial charge is 0.439 e. The molecule has 14 heteroatoms. The lowest BCUT2D eigenvalue weighted by Crippen LogP contribution is -2.62. The van der Waals surface area contributed by atoms with Crippen LogP contribution < -0.4 is 4.72 Å². The summed E-state index contributed by atoms with van der Waals surface area (Å²) in [4.78, 5) is 0. The molecule has 0 unspecified atom stereocenters. The minimum atomic E-state index is -6.97. The van der Waals surface area contributed by atoms with Gasteiger partial charge in [-0.05, 0) is 0 Å². The van der Waals surface area contributed by atoms with Crippen LogP contribution in [-0.4, -0.2) is 44.4 Å². The molecular weight excluding hydrogens is 332 g/mol. The van der Waals surface area contributed by atoms with E-state index in [1.54, 1.807) is 0 Å². The van der Waals surface area contributed by atoms with Gasteiger partial charge in [-0.1, -0.05) is 6.92 Å². The molecule has 0 rings (SSSR count). The quantitative estimate of drug-likeness (QED) is 0.546. The third-order valence-electron chi connectivity index (χ3n) is 1.73. The van der Waals surface area contributed by atoms with Gasteiger partial charge in [0.15, 0.2) is 0 Å². The molecule has 6 nitrogen and oxygen atoms in total. The number of sulfonamides is 1. The summed E-state index contributed by atoms with van der Waals surface area (Å²) < 4.78 is 127. The zero-order chi connectivity index (χ0) is 15.9. The van der Waals surface area contributed by atoms with Crippen LogP contribution in [0.5, 0.6) is 0 Å². The van der Waals surface area contributed by atoms with Crippen molar-refractivity contribution in [1.29, 1.82) is 0 Å². The first kappa shape index (κ1) is 18.4. The minimum Gasteiger partial charge on any atom is -0.281 e. The molecule has 0 bridgehead atoms. The van der Waals surface area contributed by atoms with E-state index in [0.29, 0.717) is 0 Å². The lowest BCUT2D eigenvalue weighted by Gasteiger charge is -2.30. The highest BCUT2D eigenvalue weighted by Gasteiger charge is 2.82. The van der Waals surface area contributed by atoms with Gasteiger partial charge < -0.3 is 0 Å². The fourth-order valence-corrected chi connectivity index (χ4v) is 2.32. The minimum absolute atomic E-state index is 0.824. The molecule has 0 aliphatic rings. The third kappa shape index (κ3) is 2.66. The van der Waals surface area contributed by atoms with Crippen LogP contribution in [0.4, 0.5) is 26.3 Å². The van der Waals surface area contributed by atoms with E-state index in [1.165, 1.54) is 0 Å². The van der Waals surface area contributed by atoms with Crippen LogP contribution in [-0.2, 0) is 20.1 Å². The van der Waals surface area contributed by atoms with Crippen molar-refractivity contribution in [2.45, 2.75) is 23.4 Å². The molecular formula is C5H7F6NO5S2. The second kappa shape index (κ2) is 4.75. The van der Waals surface area contributed by atoms with Gasteiger partial charge in [-0.25, -0.2) is 13.1 Å². The van der Waals surface area contributed by atoms with Gasteiger partial charge in [-0.2, -0.15) is 34.8 Å². The van der Waals surface area contributed by atoms with Gasteiger partial charge in [-0.3, -0.25) is 4.55 Å². The van der Waals surface area contributed by atoms with Crippen LogP contribution in [0, 0.1) is 0 Å². The van der Waals surface area contributed by atoms with E-state index >= 15 is 0 Å². The van der Waals surface area contributed by atoms with Crippen molar-refractivity contribution in [3.8, 4) is 0 Å². The number of rotatable bonds is 6. The Labute approximate surface area is 103 Å². The van der Waals surface area contributed by atoms with Gasteiger partial charge in [-0.15, -0.1) is 0 Å². The van der Waals surface area contributed by atoms with Gasteiger partial charge in [0.1, 0.15) is 0 Å². The molecule has 0 saturated carbocycles. The Morgan fingerprint density at radius 2 is 1.32 bits per heavy atom. The zero-order valence-corrected chi connectivity index (χ0v) is 10.5. The van der Waals surface area contributed by atoms with E-state index in [-0.39, 0.29) is 0 Å². The molecule has 0 saturated heterocycles. The Morgan fingerprint density at radius 3 is 1.58 bits per heavy atom. The van der Waals surface area contributed by atoms with Crippen molar-refractivity contribution < 1.29 is 47.7 Å². The molecule has 0 spiro atoms. The van der Waals surface area contributed by atoms with Gasteiger partial charge in [0, 0.05) is 6.54 Å². The molecule has 2 N–H and O–H groups in total. The van der Waals surface area contributed by atoms with Crippen molar-refractivity contribution in [1.82, 2.24) is 4.72 Å². The SMILES string of the molecule is CCNS(=O)(=O)C(F)(F)C(F)(F)C(F)(F)S(=O)(=O)O. The fraction of sp³-hybridized carbons (Fsp3) is 1.00. The highest BCUT2D eigenvalue weighted by molar-refractivity contribution is 7.90. The van der Waals surface area contributed by atoms with Crippen molar-refractivity contribution in [3.05, 3.63) is 0 Å². The number of hydrogen-bond donors (Lipinski definition) is 2. The third-order valence-corrected chi connectivity index (χ3v) is 4.23. The average Bonchev–Trinajstić information content (AvgIpc) is 2.14. The normalized spacial score (nSPS) is 15.6. The lowest BCUT2D eigenvalue weighted by molar-refractivity contribution is -0.246. The maximum Gasteiger partial charge on any atom is 0.439 e. The molecule has 0 aromatic heterocycles. The monoisotopic (exact) mass is 339 g/mol. The Hall–Kier alpha value is -0.600. The molecule has 0 radical (unpaired) electrons. The highest BCUT2D eigenvalue weighted by Crippen LogP contribution is 2.50. The number of hydrogen-bond acceptors (Lipinski definition) is 4. The fourth-order valence-electron chi connectivity index (χ4n) is 0.781. The molecule has 116 valence electrons. The van der Waals surface area contributed by atoms with Crippen molar-refractivity contribution in [3.63, 3.8) is 0 Å². The lowest BCUT2D eigenvalue weighted by atomic mass is 10.3. The Balaban J connectivity index is 6.07. The summed E-state index contributed by atoms with van der Waals surface area (Å²) in [7, 11) is -13.3. The number of nitrogens with one attached hydrogen (secondary N) is 1. The average molecular weight is 339 g/mol. The van der Waals surface area contributed by atoms with Crippen molar-refractivity contribution >= 4 is 20.1 Å². The van der Waals surface area contributed by atoms with Crippen LogP contribution in [0.2, 0.25) is 0 Å². The van der Waals surface area contributed by atoms with Crippen LogP contribution >= 0.6 is 0 Å². The molecule has 0 aromatic rings. The van der Waals surface area contributed by atoms with Crippen LogP contribution in [0.3, 0.4) is 0 Å². The summed E-state index contributed by atoms with van der Waals surface area (Å²) in [6.07, 6.45) is 0. The summed E-state index contributed by atoms with van der Waals surface area (Å²) in [5.74, 6) is -6.89. The summed E-state index contributed by atoms with van der Waals surface area (Å²) >= 11 is 0. The van der Waals surface area contributed by atoms with Crippen molar-refractivity contribution in [2.24, 2.45) is 0 Å². The van der Waals surface area contributed by atoms with Gasteiger partial charge in [0.25, 0.3) is 10.0 Å². The van der Waals surface area contributed by atoms with Crippen molar-refractivity contribution in [2.75, 3.05) is 6.54 Å². The second-order valence-corrected chi connectivity index (χ2v) is 6.36. The first-order valence-corrected chi connectivity index (χ1v) is 7.08. The Bertz CT molecular complexity index is 540. The predicted octanol–water partition coefficient (Wildman–Crippen LogP) is 0.634. The molecule has 0 atom stereocenters. The summed E-state index contributed by atoms with van der Waals surface area (Å²) in [6.45, 7) is 0.0398. The number of alkyl halides is 6.